The van der Waals surface area contributed by atoms with Crippen molar-refractivity contribution in [3.05, 3.63) is 33.1 Å². The van der Waals surface area contributed by atoms with E-state index in [4.69, 9.17) is 14.6 Å². The number of carbonyl (C=O) groups is 4. The van der Waals surface area contributed by atoms with Gasteiger partial charge in [-0.3, -0.25) is 19.3 Å². The lowest BCUT2D eigenvalue weighted by molar-refractivity contribution is -0.149. The zero-order valence-corrected chi connectivity index (χ0v) is 16.8. The number of carbonyl (C=O) groups excluding carboxylic acids is 3. The number of imide groups is 1. The highest BCUT2D eigenvalue weighted by atomic mass is 79.9. The lowest BCUT2D eigenvalue weighted by Gasteiger charge is -2.13. The first-order chi connectivity index (χ1) is 12.7. The second-order valence-corrected chi connectivity index (χ2v) is 7.53. The molecule has 144 valence electrons. The predicted octanol–water partition coefficient (Wildman–Crippen LogP) is 2.90. The van der Waals surface area contributed by atoms with Gasteiger partial charge in [-0.2, -0.15) is 0 Å². The van der Waals surface area contributed by atoms with Crippen molar-refractivity contribution in [3.63, 3.8) is 0 Å². The minimum absolute atomic E-state index is 0.170. The van der Waals surface area contributed by atoms with Crippen molar-refractivity contribution in [2.24, 2.45) is 0 Å². The number of thioether (sulfide) groups is 1. The van der Waals surface area contributed by atoms with Gasteiger partial charge in [0.1, 0.15) is 12.3 Å². The Balaban J connectivity index is 2.11. The minimum Gasteiger partial charge on any atom is -0.481 e. The SMILES string of the molecule is CC(C)OC(=O)CN1C(=O)S/C(=C/c2ccc(OCC(=O)O)c(Br)c2)C1=O. The summed E-state index contributed by atoms with van der Waals surface area (Å²) in [5.41, 5.74) is 0.597. The first-order valence-corrected chi connectivity index (χ1v) is 9.37. The van der Waals surface area contributed by atoms with Crippen molar-refractivity contribution >= 4 is 56.9 Å². The second kappa shape index (κ2) is 9.05. The van der Waals surface area contributed by atoms with Crippen molar-refractivity contribution in [3.8, 4) is 5.75 Å². The largest absolute Gasteiger partial charge is 0.481 e. The molecule has 8 nitrogen and oxygen atoms in total. The molecule has 0 aromatic heterocycles. The summed E-state index contributed by atoms with van der Waals surface area (Å²) in [6.45, 7) is 2.43. The molecule has 27 heavy (non-hydrogen) atoms. The molecule has 1 aliphatic heterocycles. The predicted molar refractivity (Wildman–Crippen MR) is 101 cm³/mol. The van der Waals surface area contributed by atoms with Crippen LogP contribution >= 0.6 is 27.7 Å². The number of hydrogen-bond donors (Lipinski definition) is 1. The Kier molecular flexibility index (Phi) is 7.03. The monoisotopic (exact) mass is 457 g/mol. The standard InChI is InChI=1S/C17H16BrNO7S/c1-9(2)26-15(22)7-19-16(23)13(27-17(19)24)6-10-3-4-12(11(18)5-10)25-8-14(20)21/h3-6,9H,7-8H2,1-2H3,(H,20,21)/b13-6+. The van der Waals surface area contributed by atoms with E-state index in [-0.39, 0.29) is 11.0 Å². The van der Waals surface area contributed by atoms with Gasteiger partial charge in [-0.05, 0) is 65.3 Å². The zero-order valence-electron chi connectivity index (χ0n) is 14.4. The van der Waals surface area contributed by atoms with Gasteiger partial charge in [-0.25, -0.2) is 4.79 Å². The lowest BCUT2D eigenvalue weighted by atomic mass is 10.2. The van der Waals surface area contributed by atoms with Crippen molar-refractivity contribution in [1.82, 2.24) is 4.90 Å². The molecule has 0 unspecified atom stereocenters. The van der Waals surface area contributed by atoms with Gasteiger partial charge in [-0.15, -0.1) is 0 Å². The summed E-state index contributed by atoms with van der Waals surface area (Å²) in [6.07, 6.45) is 1.16. The molecule has 2 amide bonds. The molecule has 2 rings (SSSR count). The molecule has 1 aromatic rings. The van der Waals surface area contributed by atoms with Crippen molar-refractivity contribution < 1.29 is 33.8 Å². The molecular formula is C17H16BrNO7S. The van der Waals surface area contributed by atoms with Gasteiger partial charge < -0.3 is 14.6 Å². The van der Waals surface area contributed by atoms with Gasteiger partial charge in [-0.1, -0.05) is 6.07 Å². The Morgan fingerprint density at radius 1 is 1.33 bits per heavy atom. The normalized spacial score (nSPS) is 15.6. The first kappa shape index (κ1) is 21.0. The molecule has 1 heterocycles. The summed E-state index contributed by atoms with van der Waals surface area (Å²) in [7, 11) is 0. The quantitative estimate of drug-likeness (QED) is 0.491. The molecule has 1 N–H and O–H groups in total. The van der Waals surface area contributed by atoms with Gasteiger partial charge >= 0.3 is 11.9 Å². The fraction of sp³-hybridized carbons (Fsp3) is 0.294. The number of amides is 2. The van der Waals surface area contributed by atoms with Crippen molar-refractivity contribution in [2.45, 2.75) is 20.0 Å². The fourth-order valence-electron chi connectivity index (χ4n) is 2.08. The third kappa shape index (κ3) is 5.83. The number of halogens is 1. The van der Waals surface area contributed by atoms with Crippen LogP contribution in [0.5, 0.6) is 5.75 Å². The maximum absolute atomic E-state index is 12.4. The van der Waals surface area contributed by atoms with Crippen LogP contribution in [0.25, 0.3) is 6.08 Å². The molecule has 0 radical (unpaired) electrons. The average molecular weight is 458 g/mol. The fourth-order valence-corrected chi connectivity index (χ4v) is 3.43. The van der Waals surface area contributed by atoms with E-state index < -0.39 is 36.2 Å². The smallest absolute Gasteiger partial charge is 0.341 e. The highest BCUT2D eigenvalue weighted by Crippen LogP contribution is 2.33. The number of nitrogens with zero attached hydrogens (tertiary/aromatic N) is 1. The second-order valence-electron chi connectivity index (χ2n) is 5.68. The minimum atomic E-state index is -1.10. The number of rotatable bonds is 7. The molecule has 0 bridgehead atoms. The van der Waals surface area contributed by atoms with E-state index in [0.29, 0.717) is 15.8 Å². The Labute approximate surface area is 167 Å². The van der Waals surface area contributed by atoms with Crippen LogP contribution in [0.1, 0.15) is 19.4 Å². The molecule has 0 aliphatic carbocycles. The number of esters is 1. The molecule has 1 aromatic carbocycles. The van der Waals surface area contributed by atoms with E-state index in [1.807, 2.05) is 0 Å². The summed E-state index contributed by atoms with van der Waals surface area (Å²) in [6, 6.07) is 4.78. The van der Waals surface area contributed by atoms with Crippen LogP contribution in [0.2, 0.25) is 0 Å². The van der Waals surface area contributed by atoms with Gasteiger partial charge in [0.05, 0.1) is 15.5 Å². The Morgan fingerprint density at radius 3 is 2.63 bits per heavy atom. The van der Waals surface area contributed by atoms with Crippen LogP contribution in [0, 0.1) is 0 Å². The summed E-state index contributed by atoms with van der Waals surface area (Å²) in [4.78, 5) is 47.6. The van der Waals surface area contributed by atoms with Crippen LogP contribution in [-0.2, 0) is 19.1 Å². The number of ether oxygens (including phenoxy) is 2. The maximum atomic E-state index is 12.4. The number of carboxylic acids is 1. The Bertz CT molecular complexity index is 821. The van der Waals surface area contributed by atoms with Crippen LogP contribution in [0.3, 0.4) is 0 Å². The van der Waals surface area contributed by atoms with Crippen LogP contribution < -0.4 is 4.74 Å². The zero-order chi connectivity index (χ0) is 20.1. The van der Waals surface area contributed by atoms with Gasteiger partial charge in [0, 0.05) is 0 Å². The van der Waals surface area contributed by atoms with E-state index in [0.717, 1.165) is 16.7 Å². The molecule has 10 heteroatoms. The molecule has 1 aliphatic rings. The van der Waals surface area contributed by atoms with E-state index in [9.17, 15) is 19.2 Å². The van der Waals surface area contributed by atoms with Crippen LogP contribution in [0.4, 0.5) is 4.79 Å². The van der Waals surface area contributed by atoms with Gasteiger partial charge in [0.2, 0.25) is 0 Å². The van der Waals surface area contributed by atoms with E-state index >= 15 is 0 Å². The number of benzene rings is 1. The molecule has 0 saturated carbocycles. The average Bonchev–Trinajstić information content (AvgIpc) is 2.80. The van der Waals surface area contributed by atoms with Crippen LogP contribution in [-0.4, -0.2) is 52.3 Å². The maximum Gasteiger partial charge on any atom is 0.341 e. The number of aliphatic carboxylic acids is 1. The molecule has 0 spiro atoms. The lowest BCUT2D eigenvalue weighted by Crippen LogP contribution is -2.35. The topological polar surface area (TPSA) is 110 Å². The highest BCUT2D eigenvalue weighted by Gasteiger charge is 2.36. The van der Waals surface area contributed by atoms with E-state index in [1.54, 1.807) is 32.0 Å². The first-order valence-electron chi connectivity index (χ1n) is 7.76. The van der Waals surface area contributed by atoms with Crippen molar-refractivity contribution in [1.29, 1.82) is 0 Å². The molecule has 0 atom stereocenters. The third-order valence-corrected chi connectivity index (χ3v) is 4.66. The van der Waals surface area contributed by atoms with Gasteiger partial charge in [0.25, 0.3) is 11.1 Å². The third-order valence-electron chi connectivity index (χ3n) is 3.13. The van der Waals surface area contributed by atoms with Crippen LogP contribution in [0.15, 0.2) is 27.6 Å². The van der Waals surface area contributed by atoms with E-state index in [2.05, 4.69) is 15.9 Å². The van der Waals surface area contributed by atoms with Gasteiger partial charge in [0.15, 0.2) is 6.61 Å². The van der Waals surface area contributed by atoms with E-state index in [1.165, 1.54) is 6.08 Å². The summed E-state index contributed by atoms with van der Waals surface area (Å²) < 4.78 is 10.6. The Hall–Kier alpha value is -2.33. The molecule has 1 saturated heterocycles. The van der Waals surface area contributed by atoms with Crippen molar-refractivity contribution in [2.75, 3.05) is 13.2 Å². The summed E-state index contributed by atoms with van der Waals surface area (Å²) in [5, 5.41) is 8.09. The summed E-state index contributed by atoms with van der Waals surface area (Å²) in [5.74, 6) is -2.00. The number of carboxylic acid groups (broad SMARTS) is 1. The Morgan fingerprint density at radius 2 is 2.04 bits per heavy atom. The summed E-state index contributed by atoms with van der Waals surface area (Å²) >= 11 is 3.99. The highest BCUT2D eigenvalue weighted by molar-refractivity contribution is 9.10. The molecule has 1 fully saturated rings. The number of hydrogen-bond acceptors (Lipinski definition) is 7. The molecular weight excluding hydrogens is 442 g/mol.